The van der Waals surface area contributed by atoms with Gasteiger partial charge in [0.15, 0.2) is 0 Å². The molecule has 0 atom stereocenters. The largest absolute Gasteiger partial charge is 0.389 e. The average molecular weight is 204 g/mol. The number of aliphatic hydroxyl groups is 1. The first-order valence-corrected chi connectivity index (χ1v) is 5.29. The fourth-order valence-electron chi connectivity index (χ4n) is 1.74. The van der Waals surface area contributed by atoms with Crippen LogP contribution in [-0.2, 0) is 0 Å². The molecule has 1 fully saturated rings. The Balaban J connectivity index is 2.18. The zero-order chi connectivity index (χ0) is 9.73. The standard InChI is InChI=1S/C10H18ClNO/c1-9(6-11)7-12-8-10(13)4-2-3-5-10/h6,12-13H,2-5,7-8H2,1H3. The van der Waals surface area contributed by atoms with Crippen LogP contribution >= 0.6 is 11.6 Å². The molecule has 76 valence electrons. The molecule has 0 saturated heterocycles. The zero-order valence-corrected chi connectivity index (χ0v) is 8.90. The van der Waals surface area contributed by atoms with E-state index in [1.54, 1.807) is 5.54 Å². The van der Waals surface area contributed by atoms with E-state index in [4.69, 9.17) is 11.6 Å². The molecule has 0 aromatic rings. The Labute approximate surface area is 85.0 Å². The van der Waals surface area contributed by atoms with Gasteiger partial charge in [0.05, 0.1) is 5.60 Å². The van der Waals surface area contributed by atoms with Gasteiger partial charge in [-0.15, -0.1) is 0 Å². The predicted octanol–water partition coefficient (Wildman–Crippen LogP) is 2.02. The van der Waals surface area contributed by atoms with Crippen molar-refractivity contribution in [2.24, 2.45) is 0 Å². The number of nitrogens with one attached hydrogen (secondary N) is 1. The van der Waals surface area contributed by atoms with Crippen molar-refractivity contribution in [3.8, 4) is 0 Å². The molecule has 1 aliphatic rings. The minimum atomic E-state index is -0.452. The quantitative estimate of drug-likeness (QED) is 0.733. The number of halogens is 1. The third-order valence-corrected chi connectivity index (χ3v) is 2.95. The van der Waals surface area contributed by atoms with E-state index < -0.39 is 5.60 Å². The molecule has 0 aliphatic heterocycles. The fourth-order valence-corrected chi connectivity index (χ4v) is 1.82. The third kappa shape index (κ3) is 3.67. The van der Waals surface area contributed by atoms with Gasteiger partial charge >= 0.3 is 0 Å². The Kier molecular flexibility index (Phi) is 4.23. The maximum atomic E-state index is 9.96. The second-order valence-corrected chi connectivity index (χ2v) is 4.21. The van der Waals surface area contributed by atoms with Crippen molar-refractivity contribution in [1.29, 1.82) is 0 Å². The monoisotopic (exact) mass is 203 g/mol. The Hall–Kier alpha value is -0.0500. The minimum Gasteiger partial charge on any atom is -0.389 e. The lowest BCUT2D eigenvalue weighted by molar-refractivity contribution is 0.0486. The van der Waals surface area contributed by atoms with Crippen LogP contribution in [0.25, 0.3) is 0 Å². The summed E-state index contributed by atoms with van der Waals surface area (Å²) in [5, 5.41) is 13.2. The van der Waals surface area contributed by atoms with E-state index in [2.05, 4.69) is 5.32 Å². The van der Waals surface area contributed by atoms with Crippen LogP contribution in [0.5, 0.6) is 0 Å². The van der Waals surface area contributed by atoms with Crippen molar-refractivity contribution in [3.05, 3.63) is 11.1 Å². The fraction of sp³-hybridized carbons (Fsp3) is 0.800. The summed E-state index contributed by atoms with van der Waals surface area (Å²) in [4.78, 5) is 0. The molecule has 0 bridgehead atoms. The van der Waals surface area contributed by atoms with Crippen molar-refractivity contribution >= 4 is 11.6 Å². The van der Waals surface area contributed by atoms with Gasteiger partial charge in [0.1, 0.15) is 0 Å². The van der Waals surface area contributed by atoms with E-state index >= 15 is 0 Å². The first-order valence-electron chi connectivity index (χ1n) is 4.85. The van der Waals surface area contributed by atoms with E-state index in [-0.39, 0.29) is 0 Å². The van der Waals surface area contributed by atoms with Gasteiger partial charge in [-0.3, -0.25) is 0 Å². The van der Waals surface area contributed by atoms with E-state index in [0.29, 0.717) is 6.54 Å². The van der Waals surface area contributed by atoms with Crippen molar-refractivity contribution in [2.75, 3.05) is 13.1 Å². The molecule has 0 spiro atoms. The van der Waals surface area contributed by atoms with Gasteiger partial charge in [-0.1, -0.05) is 24.4 Å². The lowest BCUT2D eigenvalue weighted by atomic mass is 10.0. The highest BCUT2D eigenvalue weighted by molar-refractivity contribution is 6.25. The SMILES string of the molecule is CC(=CCl)CNCC1(O)CCCC1. The Bertz CT molecular complexity index is 185. The second kappa shape index (κ2) is 4.99. The van der Waals surface area contributed by atoms with Crippen LogP contribution in [0.2, 0.25) is 0 Å². The molecule has 1 aliphatic carbocycles. The van der Waals surface area contributed by atoms with Crippen molar-refractivity contribution < 1.29 is 5.11 Å². The molecule has 2 nitrogen and oxygen atoms in total. The summed E-state index contributed by atoms with van der Waals surface area (Å²) >= 11 is 5.52. The molecule has 13 heavy (non-hydrogen) atoms. The van der Waals surface area contributed by atoms with Gasteiger partial charge in [0, 0.05) is 18.6 Å². The van der Waals surface area contributed by atoms with E-state index in [0.717, 1.165) is 37.8 Å². The molecule has 0 aromatic heterocycles. The van der Waals surface area contributed by atoms with Crippen molar-refractivity contribution in [2.45, 2.75) is 38.2 Å². The van der Waals surface area contributed by atoms with Crippen molar-refractivity contribution in [1.82, 2.24) is 5.32 Å². The summed E-state index contributed by atoms with van der Waals surface area (Å²) in [6.45, 7) is 3.43. The predicted molar refractivity (Wildman–Crippen MR) is 55.9 cm³/mol. The summed E-state index contributed by atoms with van der Waals surface area (Å²) in [5.74, 6) is 0. The Morgan fingerprint density at radius 2 is 2.15 bits per heavy atom. The van der Waals surface area contributed by atoms with Crippen molar-refractivity contribution in [3.63, 3.8) is 0 Å². The average Bonchev–Trinajstić information content (AvgIpc) is 2.52. The highest BCUT2D eigenvalue weighted by Gasteiger charge is 2.30. The summed E-state index contributed by atoms with van der Waals surface area (Å²) in [7, 11) is 0. The first kappa shape index (κ1) is 11.0. The van der Waals surface area contributed by atoms with E-state index in [1.165, 1.54) is 0 Å². The highest BCUT2D eigenvalue weighted by atomic mass is 35.5. The maximum absolute atomic E-state index is 9.96. The smallest absolute Gasteiger partial charge is 0.0771 e. The summed E-state index contributed by atoms with van der Waals surface area (Å²) in [5.41, 5.74) is 2.22. The van der Waals surface area contributed by atoms with Gasteiger partial charge in [-0.25, -0.2) is 0 Å². The number of rotatable bonds is 4. The molecule has 0 unspecified atom stereocenters. The van der Waals surface area contributed by atoms with Gasteiger partial charge in [0.2, 0.25) is 0 Å². The second-order valence-electron chi connectivity index (χ2n) is 3.99. The molecule has 0 aromatic carbocycles. The third-order valence-electron chi connectivity index (χ3n) is 2.58. The summed E-state index contributed by atoms with van der Waals surface area (Å²) in [6, 6.07) is 0. The molecular weight excluding hydrogens is 186 g/mol. The topological polar surface area (TPSA) is 32.3 Å². The minimum absolute atomic E-state index is 0.452. The van der Waals surface area contributed by atoms with Crippen LogP contribution in [-0.4, -0.2) is 23.8 Å². The molecule has 0 heterocycles. The summed E-state index contributed by atoms with van der Waals surface area (Å²) in [6.07, 6.45) is 4.18. The Morgan fingerprint density at radius 3 is 2.69 bits per heavy atom. The van der Waals surface area contributed by atoms with Crippen LogP contribution in [0.4, 0.5) is 0 Å². The highest BCUT2D eigenvalue weighted by Crippen LogP contribution is 2.28. The maximum Gasteiger partial charge on any atom is 0.0771 e. The normalized spacial score (nSPS) is 22.2. The van der Waals surface area contributed by atoms with Crippen LogP contribution in [0.15, 0.2) is 11.1 Å². The molecule has 1 rings (SSSR count). The lowest BCUT2D eigenvalue weighted by Crippen LogP contribution is -2.38. The molecule has 0 amide bonds. The lowest BCUT2D eigenvalue weighted by Gasteiger charge is -2.22. The first-order chi connectivity index (χ1) is 6.16. The molecule has 3 heteroatoms. The van der Waals surface area contributed by atoms with E-state index in [1.807, 2.05) is 6.92 Å². The Morgan fingerprint density at radius 1 is 1.54 bits per heavy atom. The molecule has 2 N–H and O–H groups in total. The number of hydrogen-bond donors (Lipinski definition) is 2. The van der Waals surface area contributed by atoms with Gasteiger partial charge in [0.25, 0.3) is 0 Å². The van der Waals surface area contributed by atoms with Gasteiger partial charge in [-0.05, 0) is 25.3 Å². The van der Waals surface area contributed by atoms with E-state index in [9.17, 15) is 5.11 Å². The van der Waals surface area contributed by atoms with Gasteiger partial charge < -0.3 is 10.4 Å². The van der Waals surface area contributed by atoms with Crippen LogP contribution in [0.1, 0.15) is 32.6 Å². The summed E-state index contributed by atoms with van der Waals surface area (Å²) < 4.78 is 0. The van der Waals surface area contributed by atoms with Crippen LogP contribution in [0.3, 0.4) is 0 Å². The van der Waals surface area contributed by atoms with Crippen LogP contribution < -0.4 is 5.32 Å². The number of hydrogen-bond acceptors (Lipinski definition) is 2. The molecule has 0 radical (unpaired) electrons. The zero-order valence-electron chi connectivity index (χ0n) is 8.15. The molecular formula is C10H18ClNO. The van der Waals surface area contributed by atoms with Gasteiger partial charge in [-0.2, -0.15) is 0 Å². The molecule has 1 saturated carbocycles. The van der Waals surface area contributed by atoms with Crippen LogP contribution in [0, 0.1) is 0 Å².